The van der Waals surface area contributed by atoms with Crippen molar-refractivity contribution in [2.24, 2.45) is 0 Å². The SMILES string of the molecule is COc1ccc(C(C#N)C(=O)c2ccc(Cl)c(F)c2)cc1. The van der Waals surface area contributed by atoms with E-state index in [1.54, 1.807) is 24.3 Å². The van der Waals surface area contributed by atoms with Crippen molar-refractivity contribution in [3.63, 3.8) is 0 Å². The van der Waals surface area contributed by atoms with E-state index < -0.39 is 17.5 Å². The first-order valence-corrected chi connectivity index (χ1v) is 6.47. The van der Waals surface area contributed by atoms with Crippen LogP contribution in [0.3, 0.4) is 0 Å². The summed E-state index contributed by atoms with van der Waals surface area (Å²) in [6.45, 7) is 0. The van der Waals surface area contributed by atoms with Crippen LogP contribution in [0.2, 0.25) is 5.02 Å². The van der Waals surface area contributed by atoms with Gasteiger partial charge in [-0.05, 0) is 35.9 Å². The number of carbonyl (C=O) groups excluding carboxylic acids is 1. The molecule has 0 saturated heterocycles. The highest BCUT2D eigenvalue weighted by molar-refractivity contribution is 6.30. The zero-order valence-electron chi connectivity index (χ0n) is 11.1. The molecule has 0 fully saturated rings. The fraction of sp³-hybridized carbons (Fsp3) is 0.125. The van der Waals surface area contributed by atoms with Crippen LogP contribution in [-0.2, 0) is 0 Å². The Morgan fingerprint density at radius 3 is 2.48 bits per heavy atom. The second-order valence-corrected chi connectivity index (χ2v) is 4.74. The van der Waals surface area contributed by atoms with Gasteiger partial charge in [0.25, 0.3) is 0 Å². The van der Waals surface area contributed by atoms with Crippen molar-refractivity contribution in [3.8, 4) is 11.8 Å². The normalized spacial score (nSPS) is 11.5. The van der Waals surface area contributed by atoms with E-state index in [1.165, 1.54) is 19.2 Å². The van der Waals surface area contributed by atoms with Crippen LogP contribution in [0.15, 0.2) is 42.5 Å². The van der Waals surface area contributed by atoms with E-state index in [9.17, 15) is 14.4 Å². The minimum absolute atomic E-state index is 0.0653. The maximum Gasteiger partial charge on any atom is 0.184 e. The van der Waals surface area contributed by atoms with Crippen molar-refractivity contribution in [1.29, 1.82) is 5.26 Å². The average Bonchev–Trinajstić information content (AvgIpc) is 2.51. The molecular formula is C16H11ClFNO2. The van der Waals surface area contributed by atoms with Gasteiger partial charge < -0.3 is 4.74 Å². The van der Waals surface area contributed by atoms with Gasteiger partial charge in [0.15, 0.2) is 5.78 Å². The fourth-order valence-electron chi connectivity index (χ4n) is 1.90. The van der Waals surface area contributed by atoms with Crippen molar-refractivity contribution in [3.05, 3.63) is 64.4 Å². The Bertz CT molecular complexity index is 707. The second kappa shape index (κ2) is 6.38. The maximum absolute atomic E-state index is 13.4. The Balaban J connectivity index is 2.33. The molecule has 3 nitrogen and oxygen atoms in total. The number of hydrogen-bond acceptors (Lipinski definition) is 3. The zero-order chi connectivity index (χ0) is 15.4. The van der Waals surface area contributed by atoms with Crippen LogP contribution in [-0.4, -0.2) is 12.9 Å². The number of rotatable bonds is 4. The van der Waals surface area contributed by atoms with Crippen LogP contribution in [0.25, 0.3) is 0 Å². The Morgan fingerprint density at radius 1 is 1.29 bits per heavy atom. The fourth-order valence-corrected chi connectivity index (χ4v) is 2.01. The smallest absolute Gasteiger partial charge is 0.184 e. The highest BCUT2D eigenvalue weighted by atomic mass is 35.5. The first kappa shape index (κ1) is 15.0. The van der Waals surface area contributed by atoms with Gasteiger partial charge in [0.05, 0.1) is 18.2 Å². The van der Waals surface area contributed by atoms with Crippen molar-refractivity contribution in [1.82, 2.24) is 0 Å². The number of Topliss-reactive ketones (excluding diaryl/α,β-unsaturated/α-hetero) is 1. The summed E-state index contributed by atoms with van der Waals surface area (Å²) in [4.78, 5) is 12.3. The van der Waals surface area contributed by atoms with Crippen molar-refractivity contribution < 1.29 is 13.9 Å². The van der Waals surface area contributed by atoms with E-state index in [0.717, 1.165) is 6.07 Å². The van der Waals surface area contributed by atoms with Crippen molar-refractivity contribution >= 4 is 17.4 Å². The summed E-state index contributed by atoms with van der Waals surface area (Å²) in [6.07, 6.45) is 0. The van der Waals surface area contributed by atoms with Gasteiger partial charge in [0.1, 0.15) is 17.5 Å². The molecule has 2 aromatic rings. The first-order chi connectivity index (χ1) is 10.1. The quantitative estimate of drug-likeness (QED) is 0.803. The molecule has 0 amide bonds. The first-order valence-electron chi connectivity index (χ1n) is 6.09. The predicted octanol–water partition coefficient (Wildman–Crippen LogP) is 3.98. The molecule has 0 aromatic heterocycles. The van der Waals surface area contributed by atoms with Crippen molar-refractivity contribution in [2.45, 2.75) is 5.92 Å². The molecule has 2 aromatic carbocycles. The van der Waals surface area contributed by atoms with Crippen LogP contribution in [0.4, 0.5) is 4.39 Å². The highest BCUT2D eigenvalue weighted by Crippen LogP contribution is 2.24. The third-order valence-corrected chi connectivity index (χ3v) is 3.35. The van der Waals surface area contributed by atoms with Crippen LogP contribution >= 0.6 is 11.6 Å². The lowest BCUT2D eigenvalue weighted by Gasteiger charge is -2.10. The van der Waals surface area contributed by atoms with Gasteiger partial charge in [-0.3, -0.25) is 4.79 Å². The molecule has 0 radical (unpaired) electrons. The number of nitrogens with zero attached hydrogens (tertiary/aromatic N) is 1. The minimum Gasteiger partial charge on any atom is -0.497 e. The number of nitriles is 1. The maximum atomic E-state index is 13.4. The molecule has 0 heterocycles. The molecule has 1 unspecified atom stereocenters. The lowest BCUT2D eigenvalue weighted by atomic mass is 9.92. The predicted molar refractivity (Wildman–Crippen MR) is 77.1 cm³/mol. The molecule has 0 aliphatic heterocycles. The van der Waals surface area contributed by atoms with Gasteiger partial charge in [0.2, 0.25) is 0 Å². The Morgan fingerprint density at radius 2 is 1.95 bits per heavy atom. The molecule has 0 spiro atoms. The lowest BCUT2D eigenvalue weighted by molar-refractivity contribution is 0.0978. The van der Waals surface area contributed by atoms with Crippen molar-refractivity contribution in [2.75, 3.05) is 7.11 Å². The Kier molecular flexibility index (Phi) is 4.56. The number of benzene rings is 2. The van der Waals surface area contributed by atoms with Crippen LogP contribution in [0.5, 0.6) is 5.75 Å². The van der Waals surface area contributed by atoms with Crippen LogP contribution < -0.4 is 4.74 Å². The van der Waals surface area contributed by atoms with Gasteiger partial charge in [0, 0.05) is 5.56 Å². The van der Waals surface area contributed by atoms with E-state index in [4.69, 9.17) is 16.3 Å². The molecule has 0 aliphatic rings. The van der Waals surface area contributed by atoms with E-state index >= 15 is 0 Å². The summed E-state index contributed by atoms with van der Waals surface area (Å²) >= 11 is 5.58. The van der Waals surface area contributed by atoms with E-state index in [-0.39, 0.29) is 10.6 Å². The summed E-state index contributed by atoms with van der Waals surface area (Å²) in [5, 5.41) is 9.17. The Hall–Kier alpha value is -2.38. The molecule has 0 N–H and O–H groups in total. The van der Waals surface area contributed by atoms with Gasteiger partial charge in [-0.15, -0.1) is 0 Å². The number of ether oxygens (including phenoxy) is 1. The average molecular weight is 304 g/mol. The minimum atomic E-state index is -1.00. The van der Waals surface area contributed by atoms with E-state index in [1.807, 2.05) is 6.07 Å². The lowest BCUT2D eigenvalue weighted by Crippen LogP contribution is -2.11. The summed E-state index contributed by atoms with van der Waals surface area (Å²) in [5.41, 5.74) is 0.637. The Labute approximate surface area is 126 Å². The summed E-state index contributed by atoms with van der Waals surface area (Å²) in [5.74, 6) is -1.54. The van der Waals surface area contributed by atoms with Gasteiger partial charge in [-0.2, -0.15) is 5.26 Å². The van der Waals surface area contributed by atoms with Gasteiger partial charge in [-0.1, -0.05) is 23.7 Å². The zero-order valence-corrected chi connectivity index (χ0v) is 11.9. The monoisotopic (exact) mass is 303 g/mol. The van der Waals surface area contributed by atoms with E-state index in [2.05, 4.69) is 0 Å². The standard InChI is InChI=1S/C16H11ClFNO2/c1-21-12-5-2-10(3-6-12)13(9-19)16(20)11-4-7-14(17)15(18)8-11/h2-8,13H,1H3. The number of halogens is 2. The number of hydrogen-bond donors (Lipinski definition) is 0. The molecule has 0 bridgehead atoms. The molecule has 106 valence electrons. The molecule has 0 saturated carbocycles. The van der Waals surface area contributed by atoms with Crippen LogP contribution in [0, 0.1) is 17.1 Å². The van der Waals surface area contributed by atoms with Gasteiger partial charge >= 0.3 is 0 Å². The topological polar surface area (TPSA) is 50.1 Å². The highest BCUT2D eigenvalue weighted by Gasteiger charge is 2.22. The molecule has 0 aliphatic carbocycles. The largest absolute Gasteiger partial charge is 0.497 e. The third-order valence-electron chi connectivity index (χ3n) is 3.04. The molecule has 21 heavy (non-hydrogen) atoms. The summed E-state index contributed by atoms with van der Waals surface area (Å²) in [7, 11) is 1.53. The number of carbonyl (C=O) groups is 1. The van der Waals surface area contributed by atoms with E-state index in [0.29, 0.717) is 11.3 Å². The van der Waals surface area contributed by atoms with Crippen LogP contribution in [0.1, 0.15) is 21.8 Å². The molecule has 1 atom stereocenters. The number of ketones is 1. The summed E-state index contributed by atoms with van der Waals surface area (Å²) < 4.78 is 18.4. The third kappa shape index (κ3) is 3.21. The van der Waals surface area contributed by atoms with Gasteiger partial charge in [-0.25, -0.2) is 4.39 Å². The molecule has 5 heteroatoms. The molecular weight excluding hydrogens is 293 g/mol. The molecule has 2 rings (SSSR count). The summed E-state index contributed by atoms with van der Waals surface area (Å²) in [6, 6.07) is 12.3. The second-order valence-electron chi connectivity index (χ2n) is 4.33. The number of methoxy groups -OCH3 is 1.